The van der Waals surface area contributed by atoms with Gasteiger partial charge >= 0.3 is 0 Å². The minimum Gasteiger partial charge on any atom is -0.478 e. The van der Waals surface area contributed by atoms with E-state index >= 15 is 0 Å². The summed E-state index contributed by atoms with van der Waals surface area (Å²) in [6.07, 6.45) is 1.69. The van der Waals surface area contributed by atoms with Crippen LogP contribution in [0.15, 0.2) is 36.1 Å². The average Bonchev–Trinajstić information content (AvgIpc) is 3.11. The number of ketones is 1. The van der Waals surface area contributed by atoms with E-state index in [4.69, 9.17) is 37.4 Å². The highest BCUT2D eigenvalue weighted by Crippen LogP contribution is 2.42. The minimum absolute atomic E-state index is 0.144. The molecule has 3 aliphatic heterocycles. The molecule has 1 fully saturated rings. The zero-order valence-corrected chi connectivity index (χ0v) is 18.4. The molecular formula is C23H22Cl2N2O4. The van der Waals surface area contributed by atoms with Crippen LogP contribution in [-0.2, 0) is 11.3 Å². The molecule has 2 aromatic rings. The number of ether oxygens (including phenoxy) is 3. The molecule has 0 atom stereocenters. The van der Waals surface area contributed by atoms with Gasteiger partial charge in [0.05, 0.1) is 34.4 Å². The Kier molecular flexibility index (Phi) is 5.91. The van der Waals surface area contributed by atoms with Gasteiger partial charge in [0, 0.05) is 32.7 Å². The molecule has 5 rings (SSSR count). The van der Waals surface area contributed by atoms with Crippen LogP contribution < -0.4 is 9.47 Å². The van der Waals surface area contributed by atoms with Gasteiger partial charge in [-0.05, 0) is 35.9 Å². The maximum Gasteiger partial charge on any atom is 0.231 e. The van der Waals surface area contributed by atoms with Crippen molar-refractivity contribution >= 4 is 35.1 Å². The quantitative estimate of drug-likeness (QED) is 0.640. The van der Waals surface area contributed by atoms with Gasteiger partial charge < -0.3 is 14.2 Å². The lowest BCUT2D eigenvalue weighted by atomic mass is 10.0. The third-order valence-corrected chi connectivity index (χ3v) is 6.50. The summed E-state index contributed by atoms with van der Waals surface area (Å²) in [5.74, 6) is 1.48. The van der Waals surface area contributed by atoms with E-state index in [1.165, 1.54) is 0 Å². The van der Waals surface area contributed by atoms with E-state index in [1.54, 1.807) is 30.3 Å². The fourth-order valence-corrected chi connectivity index (χ4v) is 4.32. The number of benzene rings is 2. The van der Waals surface area contributed by atoms with Crippen LogP contribution in [0.5, 0.6) is 11.5 Å². The van der Waals surface area contributed by atoms with Crippen LogP contribution >= 0.6 is 23.2 Å². The lowest BCUT2D eigenvalue weighted by molar-refractivity contribution is 0.0239. The summed E-state index contributed by atoms with van der Waals surface area (Å²) >= 11 is 12.1. The second kappa shape index (κ2) is 8.81. The Morgan fingerprint density at radius 3 is 2.61 bits per heavy atom. The zero-order valence-electron chi connectivity index (χ0n) is 16.9. The summed E-state index contributed by atoms with van der Waals surface area (Å²) in [4.78, 5) is 17.6. The molecule has 0 aromatic heterocycles. The summed E-state index contributed by atoms with van der Waals surface area (Å²) in [7, 11) is 0. The molecular weight excluding hydrogens is 439 g/mol. The molecule has 2 aromatic carbocycles. The number of nitrogens with zero attached hydrogens (tertiary/aromatic N) is 2. The Labute approximate surface area is 190 Å². The molecule has 3 heterocycles. The van der Waals surface area contributed by atoms with Gasteiger partial charge in [-0.25, -0.2) is 0 Å². The summed E-state index contributed by atoms with van der Waals surface area (Å²) in [6, 6.07) is 8.84. The van der Waals surface area contributed by atoms with Gasteiger partial charge in [-0.2, -0.15) is 0 Å². The normalized spacial score (nSPS) is 20.3. The number of carbonyl (C=O) groups is 1. The molecule has 1 saturated heterocycles. The number of hydrogen-bond acceptors (Lipinski definition) is 6. The van der Waals surface area contributed by atoms with Gasteiger partial charge in [-0.3, -0.25) is 14.6 Å². The fraction of sp³-hybridized carbons (Fsp3) is 0.348. The Morgan fingerprint density at radius 2 is 1.81 bits per heavy atom. The fourth-order valence-electron chi connectivity index (χ4n) is 4.01. The number of hydrogen-bond donors (Lipinski definition) is 0. The van der Waals surface area contributed by atoms with E-state index in [2.05, 4.69) is 9.80 Å². The van der Waals surface area contributed by atoms with Crippen LogP contribution in [0, 0.1) is 0 Å². The molecule has 0 spiro atoms. The van der Waals surface area contributed by atoms with Crippen LogP contribution in [0.3, 0.4) is 0 Å². The lowest BCUT2D eigenvalue weighted by Gasteiger charge is -2.33. The van der Waals surface area contributed by atoms with Gasteiger partial charge in [0.1, 0.15) is 18.2 Å². The summed E-state index contributed by atoms with van der Waals surface area (Å²) in [5, 5.41) is 0.898. The first-order valence-electron chi connectivity index (χ1n) is 10.3. The molecule has 0 unspecified atom stereocenters. The predicted molar refractivity (Wildman–Crippen MR) is 119 cm³/mol. The van der Waals surface area contributed by atoms with Gasteiger partial charge in [0.2, 0.25) is 5.78 Å². The zero-order chi connectivity index (χ0) is 21.4. The average molecular weight is 461 g/mol. The minimum atomic E-state index is -0.144. The summed E-state index contributed by atoms with van der Waals surface area (Å²) in [6.45, 7) is 6.53. The molecule has 31 heavy (non-hydrogen) atoms. The molecule has 0 amide bonds. The van der Waals surface area contributed by atoms with Crippen molar-refractivity contribution in [2.45, 2.75) is 6.54 Å². The second-order valence-electron chi connectivity index (χ2n) is 7.81. The van der Waals surface area contributed by atoms with Crippen molar-refractivity contribution in [1.82, 2.24) is 9.80 Å². The maximum absolute atomic E-state index is 12.9. The molecule has 162 valence electrons. The van der Waals surface area contributed by atoms with Crippen LogP contribution in [0.1, 0.15) is 21.5 Å². The van der Waals surface area contributed by atoms with Crippen molar-refractivity contribution < 1.29 is 19.0 Å². The number of carbonyl (C=O) groups excluding carboxylic acids is 1. The van der Waals surface area contributed by atoms with Gasteiger partial charge in [-0.1, -0.05) is 29.3 Å². The number of allylic oxidation sites excluding steroid dienone is 1. The van der Waals surface area contributed by atoms with Crippen molar-refractivity contribution in [3.63, 3.8) is 0 Å². The van der Waals surface area contributed by atoms with E-state index in [0.717, 1.165) is 56.3 Å². The first kappa shape index (κ1) is 20.8. The number of fused-ring (bicyclic) bond motifs is 3. The third kappa shape index (κ3) is 4.31. The van der Waals surface area contributed by atoms with Gasteiger partial charge in [0.15, 0.2) is 5.76 Å². The van der Waals surface area contributed by atoms with Crippen molar-refractivity contribution in [3.05, 3.63) is 62.8 Å². The summed E-state index contributed by atoms with van der Waals surface area (Å²) < 4.78 is 17.4. The van der Waals surface area contributed by atoms with Crippen LogP contribution in [0.4, 0.5) is 0 Å². The topological polar surface area (TPSA) is 51.2 Å². The lowest BCUT2D eigenvalue weighted by Crippen LogP contribution is -2.43. The Balaban J connectivity index is 1.34. The van der Waals surface area contributed by atoms with E-state index in [9.17, 15) is 4.79 Å². The number of halogens is 2. The van der Waals surface area contributed by atoms with Crippen molar-refractivity contribution in [2.75, 3.05) is 46.1 Å². The van der Waals surface area contributed by atoms with Crippen molar-refractivity contribution in [1.29, 1.82) is 0 Å². The molecule has 6 nitrogen and oxygen atoms in total. The second-order valence-corrected chi connectivity index (χ2v) is 8.63. The first-order chi connectivity index (χ1) is 15.1. The first-order valence-corrected chi connectivity index (χ1v) is 11.0. The number of morpholine rings is 1. The molecule has 0 aliphatic carbocycles. The van der Waals surface area contributed by atoms with E-state index in [-0.39, 0.29) is 11.5 Å². The van der Waals surface area contributed by atoms with Crippen molar-refractivity contribution in [2.24, 2.45) is 0 Å². The Hall–Kier alpha value is -2.09. The van der Waals surface area contributed by atoms with Crippen LogP contribution in [0.2, 0.25) is 10.0 Å². The summed E-state index contributed by atoms with van der Waals surface area (Å²) in [5.41, 5.74) is 2.23. The highest BCUT2D eigenvalue weighted by atomic mass is 35.5. The molecule has 0 N–H and O–H groups in total. The maximum atomic E-state index is 12.9. The van der Waals surface area contributed by atoms with E-state index < -0.39 is 0 Å². The molecule has 3 aliphatic rings. The smallest absolute Gasteiger partial charge is 0.231 e. The Morgan fingerprint density at radius 1 is 1.00 bits per heavy atom. The largest absolute Gasteiger partial charge is 0.478 e. The van der Waals surface area contributed by atoms with E-state index in [1.807, 2.05) is 6.07 Å². The van der Waals surface area contributed by atoms with Gasteiger partial charge in [0.25, 0.3) is 0 Å². The molecule has 0 radical (unpaired) electrons. The van der Waals surface area contributed by atoms with Gasteiger partial charge in [-0.15, -0.1) is 0 Å². The molecule has 8 heteroatoms. The standard InChI is InChI=1S/C23H22Cl2N2O4/c24-18-3-1-15(11-19(18)25)12-21-22(28)16-2-4-20-17(23(16)31-21)13-27(14-30-20)6-5-26-7-9-29-10-8-26/h1-4,11-12H,5-10,13-14H2/b21-12-. The van der Waals surface area contributed by atoms with E-state index in [0.29, 0.717) is 34.6 Å². The monoisotopic (exact) mass is 460 g/mol. The third-order valence-electron chi connectivity index (χ3n) is 5.76. The predicted octanol–water partition coefficient (Wildman–Crippen LogP) is 4.09. The van der Waals surface area contributed by atoms with Crippen LogP contribution in [0.25, 0.3) is 6.08 Å². The number of rotatable bonds is 4. The highest BCUT2D eigenvalue weighted by Gasteiger charge is 2.33. The molecule has 0 bridgehead atoms. The highest BCUT2D eigenvalue weighted by molar-refractivity contribution is 6.42. The molecule has 0 saturated carbocycles. The Bertz CT molecular complexity index is 1050. The SMILES string of the molecule is O=C1/C(=C/c2ccc(Cl)c(Cl)c2)Oc2c1ccc1c2CN(CCN2CCOCC2)CO1. The van der Waals surface area contributed by atoms with Crippen molar-refractivity contribution in [3.8, 4) is 11.5 Å². The number of Topliss-reactive ketones (excluding diaryl/α,β-unsaturated/α-hetero) is 1. The van der Waals surface area contributed by atoms with Crippen LogP contribution in [-0.4, -0.2) is 61.7 Å².